The number of hydrogen-bond acceptors (Lipinski definition) is 2. The highest BCUT2D eigenvalue weighted by Gasteiger charge is 2.52. The van der Waals surface area contributed by atoms with Gasteiger partial charge in [-0.25, -0.2) is 0 Å². The predicted molar refractivity (Wildman–Crippen MR) is 88.3 cm³/mol. The number of allylic oxidation sites excluding steroid dienone is 6. The van der Waals surface area contributed by atoms with E-state index in [0.29, 0.717) is 11.5 Å². The summed E-state index contributed by atoms with van der Waals surface area (Å²) in [7, 11) is 0. The Morgan fingerprint density at radius 2 is 1.86 bits per heavy atom. The highest BCUT2D eigenvalue weighted by atomic mass is 16.1. The van der Waals surface area contributed by atoms with E-state index in [0.717, 1.165) is 30.4 Å². The third kappa shape index (κ3) is 2.00. The quantitative estimate of drug-likeness (QED) is 0.530. The molecule has 0 radical (unpaired) electrons. The first-order valence-corrected chi connectivity index (χ1v) is 8.40. The first kappa shape index (κ1) is 15.5. The predicted octanol–water partition coefficient (Wildman–Crippen LogP) is 4.42. The van der Waals surface area contributed by atoms with Crippen molar-refractivity contribution in [3.8, 4) is 0 Å². The Morgan fingerprint density at radius 3 is 2.50 bits per heavy atom. The lowest BCUT2D eigenvalue weighted by Crippen LogP contribution is -2.46. The largest absolute Gasteiger partial charge is 0.290 e. The maximum absolute atomic E-state index is 12.8. The van der Waals surface area contributed by atoms with Crippen LogP contribution < -0.4 is 0 Å². The van der Waals surface area contributed by atoms with Gasteiger partial charge in [0.15, 0.2) is 11.6 Å². The van der Waals surface area contributed by atoms with E-state index in [1.807, 2.05) is 13.8 Å². The number of ketones is 2. The van der Waals surface area contributed by atoms with Crippen LogP contribution in [-0.2, 0) is 9.59 Å². The van der Waals surface area contributed by atoms with E-state index in [1.54, 1.807) is 6.08 Å². The average Bonchev–Trinajstić information content (AvgIpc) is 2.40. The topological polar surface area (TPSA) is 34.1 Å². The summed E-state index contributed by atoms with van der Waals surface area (Å²) in [5.74, 6) is 0.706. The minimum Gasteiger partial charge on any atom is -0.290 e. The van der Waals surface area contributed by atoms with Crippen LogP contribution in [0.5, 0.6) is 0 Å². The van der Waals surface area contributed by atoms with Crippen molar-refractivity contribution in [2.75, 3.05) is 0 Å². The highest BCUT2D eigenvalue weighted by molar-refractivity contribution is 6.23. The Morgan fingerprint density at radius 1 is 1.18 bits per heavy atom. The van der Waals surface area contributed by atoms with Crippen LogP contribution in [0.3, 0.4) is 0 Å². The summed E-state index contributed by atoms with van der Waals surface area (Å²) >= 11 is 0. The van der Waals surface area contributed by atoms with E-state index in [9.17, 15) is 9.59 Å². The molecule has 3 aliphatic rings. The number of carbonyl (C=O) groups is 2. The number of carbonyl (C=O) groups excluding carboxylic acids is 2. The zero-order chi connectivity index (χ0) is 16.3. The van der Waals surface area contributed by atoms with Gasteiger partial charge in [0.05, 0.1) is 0 Å². The van der Waals surface area contributed by atoms with Crippen molar-refractivity contribution in [1.29, 1.82) is 0 Å². The van der Waals surface area contributed by atoms with Gasteiger partial charge in [-0.2, -0.15) is 0 Å². The Kier molecular flexibility index (Phi) is 3.36. The van der Waals surface area contributed by atoms with Crippen LogP contribution >= 0.6 is 0 Å². The van der Waals surface area contributed by atoms with Gasteiger partial charge in [0.1, 0.15) is 0 Å². The molecule has 0 fully saturated rings. The fraction of sp³-hybridized carbons (Fsp3) is 0.600. The van der Waals surface area contributed by atoms with E-state index in [1.165, 1.54) is 0 Å². The van der Waals surface area contributed by atoms with Gasteiger partial charge in [-0.3, -0.25) is 9.59 Å². The van der Waals surface area contributed by atoms with Crippen molar-refractivity contribution in [2.45, 2.75) is 53.9 Å². The second-order valence-electron chi connectivity index (χ2n) is 8.27. The Hall–Kier alpha value is -1.44. The molecule has 0 amide bonds. The van der Waals surface area contributed by atoms with Crippen LogP contribution in [0.15, 0.2) is 34.9 Å². The molecule has 0 bridgehead atoms. The van der Waals surface area contributed by atoms with E-state index < -0.39 is 0 Å². The number of Topliss-reactive ketones (excluding diaryl/α,β-unsaturated/α-hetero) is 1. The maximum atomic E-state index is 12.8. The Labute approximate surface area is 133 Å². The third-order valence-electron chi connectivity index (χ3n) is 5.99. The normalized spacial score (nSPS) is 33.7. The minimum atomic E-state index is -0.291. The van der Waals surface area contributed by atoms with E-state index in [4.69, 9.17) is 0 Å². The highest BCUT2D eigenvalue weighted by Crippen LogP contribution is 2.58. The zero-order valence-corrected chi connectivity index (χ0v) is 14.3. The van der Waals surface area contributed by atoms with Gasteiger partial charge in [0, 0.05) is 22.1 Å². The molecule has 1 unspecified atom stereocenters. The molecule has 0 aliphatic heterocycles. The van der Waals surface area contributed by atoms with Gasteiger partial charge in [-0.1, -0.05) is 46.8 Å². The van der Waals surface area contributed by atoms with Crippen molar-refractivity contribution in [3.05, 3.63) is 34.9 Å². The summed E-state index contributed by atoms with van der Waals surface area (Å²) in [5, 5.41) is 0. The van der Waals surface area contributed by atoms with Gasteiger partial charge in [-0.15, -0.1) is 0 Å². The molecule has 0 heterocycles. The lowest BCUT2D eigenvalue weighted by atomic mass is 9.51. The summed E-state index contributed by atoms with van der Waals surface area (Å²) in [6.45, 7) is 10.7. The first-order valence-electron chi connectivity index (χ1n) is 8.40. The van der Waals surface area contributed by atoms with Crippen molar-refractivity contribution in [1.82, 2.24) is 0 Å². The molecule has 118 valence electrons. The molecule has 2 heteroatoms. The monoisotopic (exact) mass is 298 g/mol. The third-order valence-corrected chi connectivity index (χ3v) is 5.99. The summed E-state index contributed by atoms with van der Waals surface area (Å²) in [6.07, 6.45) is 8.79. The molecule has 0 aromatic heterocycles. The van der Waals surface area contributed by atoms with Gasteiger partial charge >= 0.3 is 0 Å². The van der Waals surface area contributed by atoms with Crippen LogP contribution in [0.2, 0.25) is 0 Å². The SMILES string of the molecule is CC(C)C1=CC(=O)C2=C(CCC3C(C)(C)CC=C[C@]23C)C1=O. The second kappa shape index (κ2) is 4.78. The molecule has 3 rings (SSSR count). The smallest absolute Gasteiger partial charge is 0.185 e. The average molecular weight is 298 g/mol. The Balaban J connectivity index is 2.15. The minimum absolute atomic E-state index is 0.0628. The van der Waals surface area contributed by atoms with Crippen LogP contribution in [0.4, 0.5) is 0 Å². The molecule has 22 heavy (non-hydrogen) atoms. The Bertz CT molecular complexity index is 643. The molecular formula is C20H26O2. The standard InChI is InChI=1S/C20H26O2/c1-12(2)14-11-15(21)17-13(18(14)22)7-8-16-19(3,4)9-6-10-20(16,17)5/h6,10-12,16H,7-9H2,1-5H3/t16?,20-/m0/s1. The summed E-state index contributed by atoms with van der Waals surface area (Å²) in [5.41, 5.74) is 2.14. The van der Waals surface area contributed by atoms with Crippen molar-refractivity contribution < 1.29 is 9.59 Å². The van der Waals surface area contributed by atoms with Crippen LogP contribution in [-0.4, -0.2) is 11.6 Å². The second-order valence-corrected chi connectivity index (χ2v) is 8.27. The van der Waals surface area contributed by atoms with Crippen molar-refractivity contribution in [2.24, 2.45) is 22.7 Å². The molecule has 0 saturated heterocycles. The lowest BCUT2D eigenvalue weighted by molar-refractivity contribution is -0.118. The van der Waals surface area contributed by atoms with Crippen molar-refractivity contribution >= 4 is 11.6 Å². The summed E-state index contributed by atoms with van der Waals surface area (Å²) in [4.78, 5) is 25.7. The van der Waals surface area contributed by atoms with Gasteiger partial charge in [0.25, 0.3) is 0 Å². The molecule has 0 aromatic carbocycles. The first-order chi connectivity index (χ1) is 10.2. The summed E-state index contributed by atoms with van der Waals surface area (Å²) < 4.78 is 0. The fourth-order valence-electron chi connectivity index (χ4n) is 4.89. The number of hydrogen-bond donors (Lipinski definition) is 0. The van der Waals surface area contributed by atoms with Crippen molar-refractivity contribution in [3.63, 3.8) is 0 Å². The maximum Gasteiger partial charge on any atom is 0.185 e. The van der Waals surface area contributed by atoms with Gasteiger partial charge in [-0.05, 0) is 42.6 Å². The number of fused-ring (bicyclic) bond motifs is 2. The van der Waals surface area contributed by atoms with E-state index in [-0.39, 0.29) is 28.3 Å². The molecule has 0 saturated carbocycles. The molecule has 0 spiro atoms. The molecule has 2 atom stereocenters. The lowest BCUT2D eigenvalue weighted by Gasteiger charge is -2.52. The zero-order valence-electron chi connectivity index (χ0n) is 14.3. The molecule has 3 aliphatic carbocycles. The van der Waals surface area contributed by atoms with Crippen LogP contribution in [0.25, 0.3) is 0 Å². The summed E-state index contributed by atoms with van der Waals surface area (Å²) in [6, 6.07) is 0. The van der Waals surface area contributed by atoms with Crippen LogP contribution in [0.1, 0.15) is 53.9 Å². The number of rotatable bonds is 1. The molecule has 2 nitrogen and oxygen atoms in total. The molecule has 0 aromatic rings. The van der Waals surface area contributed by atoms with Crippen LogP contribution in [0, 0.1) is 22.7 Å². The fourth-order valence-corrected chi connectivity index (χ4v) is 4.89. The van der Waals surface area contributed by atoms with E-state index in [2.05, 4.69) is 32.9 Å². The van der Waals surface area contributed by atoms with E-state index >= 15 is 0 Å². The van der Waals surface area contributed by atoms with Gasteiger partial charge in [0.2, 0.25) is 0 Å². The van der Waals surface area contributed by atoms with Gasteiger partial charge < -0.3 is 0 Å². The molecule has 0 N–H and O–H groups in total. The molecular weight excluding hydrogens is 272 g/mol.